The Hall–Kier alpha value is -0.0400. The Labute approximate surface area is 161 Å². The molecule has 1 nitrogen and oxygen atoms in total. The summed E-state index contributed by atoms with van der Waals surface area (Å²) < 4.78 is 0. The third-order valence-electron chi connectivity index (χ3n) is 11.7. The maximum Gasteiger partial charge on any atom is 0.0743 e. The van der Waals surface area contributed by atoms with E-state index in [0.29, 0.717) is 22.7 Å². The molecular weight excluding hydrogens is 316 g/mol. The van der Waals surface area contributed by atoms with E-state index in [9.17, 15) is 5.11 Å². The molecule has 0 unspecified atom stereocenters. The van der Waals surface area contributed by atoms with Gasteiger partial charge in [-0.15, -0.1) is 0 Å². The minimum atomic E-state index is -0.399. The van der Waals surface area contributed by atoms with Crippen molar-refractivity contribution < 1.29 is 5.11 Å². The highest BCUT2D eigenvalue weighted by Crippen LogP contribution is 2.87. The van der Waals surface area contributed by atoms with Gasteiger partial charge in [0, 0.05) is 5.41 Å². The Morgan fingerprint density at radius 2 is 1.62 bits per heavy atom. The summed E-state index contributed by atoms with van der Waals surface area (Å²) in [7, 11) is 0. The molecule has 0 aromatic rings. The highest BCUT2D eigenvalue weighted by Gasteiger charge is 2.85. The second-order valence-corrected chi connectivity index (χ2v) is 12.4. The third-order valence-corrected chi connectivity index (χ3v) is 11.7. The van der Waals surface area contributed by atoms with Crippen molar-refractivity contribution in [3.63, 3.8) is 0 Å². The van der Waals surface area contributed by atoms with Crippen LogP contribution in [0.25, 0.3) is 0 Å². The average molecular weight is 359 g/mol. The van der Waals surface area contributed by atoms with Crippen molar-refractivity contribution in [2.24, 2.45) is 57.7 Å². The highest BCUT2D eigenvalue weighted by atomic mass is 16.3. The summed E-state index contributed by atoms with van der Waals surface area (Å²) >= 11 is 0. The SMILES string of the molecule is CC(C)[C@H]1CC[C@]2(C)C[C@@H]3[C@@H](C)CC[C@@]45[C@@H](CC[C@@H]4C)[C@]5(C)[C@@]3(O)C[C@@H]12. The van der Waals surface area contributed by atoms with Gasteiger partial charge in [0.25, 0.3) is 0 Å². The summed E-state index contributed by atoms with van der Waals surface area (Å²) in [5.41, 5.74) is 0.774. The second kappa shape index (κ2) is 5.11. The van der Waals surface area contributed by atoms with Gasteiger partial charge >= 0.3 is 0 Å². The maximum absolute atomic E-state index is 12.6. The van der Waals surface area contributed by atoms with Crippen molar-refractivity contribution in [1.82, 2.24) is 0 Å². The van der Waals surface area contributed by atoms with E-state index in [1.54, 1.807) is 0 Å². The van der Waals surface area contributed by atoms with Crippen LogP contribution in [-0.4, -0.2) is 10.7 Å². The van der Waals surface area contributed by atoms with E-state index in [2.05, 4.69) is 41.5 Å². The van der Waals surface area contributed by atoms with Crippen molar-refractivity contribution in [2.75, 3.05) is 0 Å². The molecule has 5 aliphatic carbocycles. The van der Waals surface area contributed by atoms with Crippen LogP contribution < -0.4 is 0 Å². The van der Waals surface area contributed by atoms with E-state index >= 15 is 0 Å². The van der Waals surface area contributed by atoms with Crippen LogP contribution in [0.15, 0.2) is 0 Å². The molecule has 1 N–H and O–H groups in total. The fourth-order valence-electron chi connectivity index (χ4n) is 10.2. The first kappa shape index (κ1) is 18.0. The average Bonchev–Trinajstić information content (AvgIpc) is 2.81. The van der Waals surface area contributed by atoms with E-state index < -0.39 is 5.60 Å². The Morgan fingerprint density at radius 3 is 2.31 bits per heavy atom. The zero-order valence-corrected chi connectivity index (χ0v) is 18.1. The van der Waals surface area contributed by atoms with Gasteiger partial charge in [-0.2, -0.15) is 0 Å². The van der Waals surface area contributed by atoms with Gasteiger partial charge < -0.3 is 5.11 Å². The molecule has 5 saturated carbocycles. The summed E-state index contributed by atoms with van der Waals surface area (Å²) in [6, 6.07) is 0. The third kappa shape index (κ3) is 1.75. The van der Waals surface area contributed by atoms with Gasteiger partial charge in [-0.3, -0.25) is 0 Å². The lowest BCUT2D eigenvalue weighted by molar-refractivity contribution is -0.175. The van der Waals surface area contributed by atoms with E-state index in [1.807, 2.05) is 0 Å². The molecule has 0 amide bonds. The highest BCUT2D eigenvalue weighted by molar-refractivity contribution is 5.33. The number of rotatable bonds is 1. The lowest BCUT2D eigenvalue weighted by Gasteiger charge is -2.56. The molecule has 10 atom stereocenters. The Balaban J connectivity index is 1.59. The van der Waals surface area contributed by atoms with Crippen molar-refractivity contribution >= 4 is 0 Å². The molecule has 0 radical (unpaired) electrons. The molecule has 5 fully saturated rings. The van der Waals surface area contributed by atoms with Crippen LogP contribution in [0.2, 0.25) is 0 Å². The summed E-state index contributed by atoms with van der Waals surface area (Å²) in [4.78, 5) is 0. The van der Waals surface area contributed by atoms with Crippen LogP contribution in [0.3, 0.4) is 0 Å². The summed E-state index contributed by atoms with van der Waals surface area (Å²) in [6.07, 6.45) is 10.8. The predicted molar refractivity (Wildman–Crippen MR) is 108 cm³/mol. The molecule has 0 aromatic heterocycles. The number of hydrogen-bond acceptors (Lipinski definition) is 1. The van der Waals surface area contributed by atoms with Crippen LogP contribution in [0.4, 0.5) is 0 Å². The van der Waals surface area contributed by atoms with Gasteiger partial charge in [-0.05, 0) is 104 Å². The first-order chi connectivity index (χ1) is 12.1. The first-order valence-electron chi connectivity index (χ1n) is 11.8. The predicted octanol–water partition coefficient (Wildman–Crippen LogP) is 6.30. The Kier molecular flexibility index (Phi) is 3.54. The zero-order chi connectivity index (χ0) is 18.7. The fourth-order valence-corrected chi connectivity index (χ4v) is 10.2. The van der Waals surface area contributed by atoms with Crippen LogP contribution >= 0.6 is 0 Å². The molecule has 1 heteroatoms. The molecule has 1 spiro atoms. The second-order valence-electron chi connectivity index (χ2n) is 12.4. The summed E-state index contributed by atoms with van der Waals surface area (Å²) in [5.74, 6) is 5.22. The van der Waals surface area contributed by atoms with Gasteiger partial charge in [0.1, 0.15) is 0 Å². The summed E-state index contributed by atoms with van der Waals surface area (Å²) in [5, 5.41) is 12.6. The van der Waals surface area contributed by atoms with Crippen molar-refractivity contribution in [1.29, 1.82) is 0 Å². The van der Waals surface area contributed by atoms with Gasteiger partial charge in [0.2, 0.25) is 0 Å². The monoisotopic (exact) mass is 358 g/mol. The van der Waals surface area contributed by atoms with E-state index in [-0.39, 0.29) is 5.41 Å². The molecule has 0 saturated heterocycles. The van der Waals surface area contributed by atoms with Gasteiger partial charge in [0.05, 0.1) is 5.60 Å². The molecule has 5 rings (SSSR count). The molecule has 0 aromatic carbocycles. The van der Waals surface area contributed by atoms with Crippen LogP contribution in [0, 0.1) is 57.7 Å². The van der Waals surface area contributed by atoms with Crippen LogP contribution in [0.5, 0.6) is 0 Å². The number of hydrogen-bond donors (Lipinski definition) is 1. The van der Waals surface area contributed by atoms with Crippen LogP contribution in [-0.2, 0) is 0 Å². The summed E-state index contributed by atoms with van der Waals surface area (Å²) in [6.45, 7) is 15.0. The van der Waals surface area contributed by atoms with Gasteiger partial charge in [-0.25, -0.2) is 0 Å². The molecule has 148 valence electrons. The molecule has 5 aliphatic rings. The van der Waals surface area contributed by atoms with Crippen molar-refractivity contribution in [3.05, 3.63) is 0 Å². The topological polar surface area (TPSA) is 20.2 Å². The standard InChI is InChI=1S/C25H42O/c1-15(2)18-10-11-22(5)13-19-16(3)9-12-24-17(4)7-8-21(24)23(24,6)25(19,26)14-20(18)22/h15-21,26H,7-14H2,1-6H3/t16-,17-,18+,19+,20-,21-,22+,23-,24-,25+/m0/s1. The van der Waals surface area contributed by atoms with Gasteiger partial charge in [-0.1, -0.05) is 41.5 Å². The van der Waals surface area contributed by atoms with E-state index in [0.717, 1.165) is 36.0 Å². The largest absolute Gasteiger partial charge is 0.389 e. The minimum Gasteiger partial charge on any atom is -0.389 e. The Morgan fingerprint density at radius 1 is 0.885 bits per heavy atom. The molecular formula is C25H42O. The lowest BCUT2D eigenvalue weighted by atomic mass is 9.51. The molecule has 0 heterocycles. The minimum absolute atomic E-state index is 0.207. The quantitative estimate of drug-likeness (QED) is 0.583. The van der Waals surface area contributed by atoms with Crippen LogP contribution in [0.1, 0.15) is 92.9 Å². The van der Waals surface area contributed by atoms with E-state index in [4.69, 9.17) is 0 Å². The molecule has 0 aliphatic heterocycles. The smallest absolute Gasteiger partial charge is 0.0743 e. The lowest BCUT2D eigenvalue weighted by Crippen LogP contribution is -2.58. The number of fused-ring (bicyclic) bond motifs is 4. The molecule has 0 bridgehead atoms. The number of aliphatic hydroxyl groups is 1. The van der Waals surface area contributed by atoms with Crippen molar-refractivity contribution in [2.45, 2.75) is 98.5 Å². The normalized spacial score (nSPS) is 63.7. The Bertz CT molecular complexity index is 611. The van der Waals surface area contributed by atoms with Crippen molar-refractivity contribution in [3.8, 4) is 0 Å². The van der Waals surface area contributed by atoms with E-state index in [1.165, 1.54) is 44.9 Å². The fraction of sp³-hybridized carbons (Fsp3) is 1.00. The first-order valence-corrected chi connectivity index (χ1v) is 11.8. The maximum atomic E-state index is 12.6. The van der Waals surface area contributed by atoms with Gasteiger partial charge in [0.15, 0.2) is 0 Å². The molecule has 26 heavy (non-hydrogen) atoms. The zero-order valence-electron chi connectivity index (χ0n) is 18.1.